The Hall–Kier alpha value is -2.46. The van der Waals surface area contributed by atoms with Gasteiger partial charge in [0, 0.05) is 0 Å². The second kappa shape index (κ2) is 8.08. The molecule has 0 aliphatic rings. The second-order valence-electron chi connectivity index (χ2n) is 5.93. The highest BCUT2D eigenvalue weighted by molar-refractivity contribution is 5.47. The normalized spacial score (nSPS) is 12.7. The summed E-state index contributed by atoms with van der Waals surface area (Å²) in [5, 5.41) is 19.1. The van der Waals surface area contributed by atoms with Gasteiger partial charge in [0.05, 0.1) is 13.2 Å². The Labute approximate surface area is 148 Å². The fourth-order valence-electron chi connectivity index (χ4n) is 3.04. The highest BCUT2D eigenvalue weighted by atomic mass is 16.5. The van der Waals surface area contributed by atoms with Gasteiger partial charge in [0.1, 0.15) is 11.7 Å². The number of rotatable bonds is 7. The van der Waals surface area contributed by atoms with Crippen LogP contribution in [-0.2, 0) is 10.3 Å². The van der Waals surface area contributed by atoms with Crippen molar-refractivity contribution in [3.05, 3.63) is 108 Å². The van der Waals surface area contributed by atoms with Gasteiger partial charge >= 0.3 is 0 Å². The fourth-order valence-corrected chi connectivity index (χ4v) is 3.04. The van der Waals surface area contributed by atoms with Gasteiger partial charge in [0.2, 0.25) is 0 Å². The molecular weight excluding hydrogens is 312 g/mol. The first-order chi connectivity index (χ1) is 12.3. The number of hydrogen-bond acceptors (Lipinski definition) is 3. The standard InChI is InChI=1S/C22H22O3/c23-16-21(24)17-25-22(18-10-4-1-5-11-18,19-12-6-2-7-13-19)20-14-8-3-9-15-20/h1-15,21,23-24H,16-17H2. The van der Waals surface area contributed by atoms with Gasteiger partial charge in [-0.2, -0.15) is 0 Å². The number of benzene rings is 3. The number of hydrogen-bond donors (Lipinski definition) is 2. The summed E-state index contributed by atoms with van der Waals surface area (Å²) in [6.45, 7) is -0.316. The quantitative estimate of drug-likeness (QED) is 0.652. The molecule has 0 saturated carbocycles. The molecule has 0 bridgehead atoms. The maximum absolute atomic E-state index is 9.89. The first kappa shape index (κ1) is 17.4. The molecule has 0 aliphatic heterocycles. The van der Waals surface area contributed by atoms with E-state index >= 15 is 0 Å². The molecule has 0 aromatic heterocycles. The molecule has 0 saturated heterocycles. The SMILES string of the molecule is OCC(O)COC(c1ccccc1)(c1ccccc1)c1ccccc1. The van der Waals surface area contributed by atoms with Crippen LogP contribution in [0.3, 0.4) is 0 Å². The van der Waals surface area contributed by atoms with E-state index in [1.165, 1.54) is 0 Å². The number of aliphatic hydroxyl groups is 2. The van der Waals surface area contributed by atoms with E-state index in [0.717, 1.165) is 16.7 Å². The first-order valence-corrected chi connectivity index (χ1v) is 8.37. The van der Waals surface area contributed by atoms with Crippen LogP contribution in [0, 0.1) is 0 Å². The summed E-state index contributed by atoms with van der Waals surface area (Å²) in [4.78, 5) is 0. The molecule has 0 spiro atoms. The molecule has 0 fully saturated rings. The van der Waals surface area contributed by atoms with Crippen molar-refractivity contribution in [3.63, 3.8) is 0 Å². The molecule has 0 aliphatic carbocycles. The molecule has 3 aromatic rings. The van der Waals surface area contributed by atoms with Gasteiger partial charge in [0.25, 0.3) is 0 Å². The predicted molar refractivity (Wildman–Crippen MR) is 98.3 cm³/mol. The lowest BCUT2D eigenvalue weighted by molar-refractivity contribution is -0.0524. The zero-order valence-electron chi connectivity index (χ0n) is 14.0. The molecule has 3 nitrogen and oxygen atoms in total. The largest absolute Gasteiger partial charge is 0.394 e. The third-order valence-electron chi connectivity index (χ3n) is 4.24. The van der Waals surface area contributed by atoms with Crippen molar-refractivity contribution in [2.45, 2.75) is 11.7 Å². The van der Waals surface area contributed by atoms with Crippen LogP contribution in [0.2, 0.25) is 0 Å². The maximum atomic E-state index is 9.89. The van der Waals surface area contributed by atoms with Gasteiger partial charge in [0.15, 0.2) is 0 Å². The summed E-state index contributed by atoms with van der Waals surface area (Å²) < 4.78 is 6.33. The lowest BCUT2D eigenvalue weighted by atomic mass is 9.80. The Morgan fingerprint density at radius 2 is 1.04 bits per heavy atom. The van der Waals surface area contributed by atoms with Crippen LogP contribution in [-0.4, -0.2) is 29.5 Å². The Balaban J connectivity index is 2.20. The van der Waals surface area contributed by atoms with Gasteiger partial charge in [-0.1, -0.05) is 91.0 Å². The smallest absolute Gasteiger partial charge is 0.143 e. The first-order valence-electron chi connectivity index (χ1n) is 8.37. The molecule has 1 atom stereocenters. The minimum atomic E-state index is -0.935. The van der Waals surface area contributed by atoms with Crippen LogP contribution in [0.5, 0.6) is 0 Å². The molecule has 3 rings (SSSR count). The Kier molecular flexibility index (Phi) is 5.61. The van der Waals surface area contributed by atoms with E-state index in [4.69, 9.17) is 4.74 Å². The molecule has 128 valence electrons. The van der Waals surface area contributed by atoms with Crippen LogP contribution in [0.4, 0.5) is 0 Å². The van der Waals surface area contributed by atoms with E-state index in [2.05, 4.69) is 0 Å². The lowest BCUT2D eigenvalue weighted by Crippen LogP contribution is -2.36. The monoisotopic (exact) mass is 334 g/mol. The molecule has 3 aromatic carbocycles. The average molecular weight is 334 g/mol. The van der Waals surface area contributed by atoms with Gasteiger partial charge in [-0.25, -0.2) is 0 Å². The van der Waals surface area contributed by atoms with Crippen molar-refractivity contribution < 1.29 is 14.9 Å². The average Bonchev–Trinajstić information content (AvgIpc) is 2.71. The Morgan fingerprint density at radius 1 is 0.680 bits per heavy atom. The lowest BCUT2D eigenvalue weighted by Gasteiger charge is -2.36. The van der Waals surface area contributed by atoms with E-state index in [1.807, 2.05) is 91.0 Å². The van der Waals surface area contributed by atoms with Crippen molar-refractivity contribution in [2.75, 3.05) is 13.2 Å². The van der Waals surface area contributed by atoms with Crippen molar-refractivity contribution in [1.29, 1.82) is 0 Å². The highest BCUT2D eigenvalue weighted by Crippen LogP contribution is 2.40. The topological polar surface area (TPSA) is 49.7 Å². The third-order valence-corrected chi connectivity index (χ3v) is 4.24. The summed E-state index contributed by atoms with van der Waals surface area (Å²) in [7, 11) is 0. The van der Waals surface area contributed by atoms with Crippen LogP contribution >= 0.6 is 0 Å². The summed E-state index contributed by atoms with van der Waals surface area (Å²) in [6.07, 6.45) is -0.935. The molecule has 2 N–H and O–H groups in total. The summed E-state index contributed by atoms with van der Waals surface area (Å²) in [6, 6.07) is 29.9. The van der Waals surface area contributed by atoms with E-state index in [1.54, 1.807) is 0 Å². The van der Waals surface area contributed by atoms with Crippen molar-refractivity contribution >= 4 is 0 Å². The van der Waals surface area contributed by atoms with Crippen molar-refractivity contribution in [1.82, 2.24) is 0 Å². The van der Waals surface area contributed by atoms with E-state index in [-0.39, 0.29) is 13.2 Å². The minimum Gasteiger partial charge on any atom is -0.394 e. The van der Waals surface area contributed by atoms with Gasteiger partial charge in [-0.15, -0.1) is 0 Å². The predicted octanol–water partition coefficient (Wildman–Crippen LogP) is 3.35. The van der Waals surface area contributed by atoms with E-state index < -0.39 is 11.7 Å². The molecule has 1 unspecified atom stereocenters. The molecule has 0 heterocycles. The molecule has 0 radical (unpaired) electrons. The summed E-state index contributed by atoms with van der Waals surface area (Å²) >= 11 is 0. The van der Waals surface area contributed by atoms with Gasteiger partial charge < -0.3 is 14.9 Å². The van der Waals surface area contributed by atoms with Crippen LogP contribution in [0.15, 0.2) is 91.0 Å². The van der Waals surface area contributed by atoms with Gasteiger partial charge in [-0.3, -0.25) is 0 Å². The maximum Gasteiger partial charge on any atom is 0.143 e. The van der Waals surface area contributed by atoms with E-state index in [9.17, 15) is 10.2 Å². The van der Waals surface area contributed by atoms with Crippen LogP contribution in [0.1, 0.15) is 16.7 Å². The molecule has 3 heteroatoms. The number of ether oxygens (including phenoxy) is 1. The summed E-state index contributed by atoms with van der Waals surface area (Å²) in [5.74, 6) is 0. The zero-order chi connectivity index (χ0) is 17.5. The Bertz CT molecular complexity index is 660. The van der Waals surface area contributed by atoms with Crippen LogP contribution < -0.4 is 0 Å². The fraction of sp³-hybridized carbons (Fsp3) is 0.182. The third kappa shape index (κ3) is 3.64. The van der Waals surface area contributed by atoms with Crippen LogP contribution in [0.25, 0.3) is 0 Å². The molecule has 25 heavy (non-hydrogen) atoms. The highest BCUT2D eigenvalue weighted by Gasteiger charge is 2.37. The number of aliphatic hydroxyl groups excluding tert-OH is 2. The summed E-state index contributed by atoms with van der Waals surface area (Å²) in [5.41, 5.74) is 2.05. The molecular formula is C22H22O3. The minimum absolute atomic E-state index is 0.0230. The second-order valence-corrected chi connectivity index (χ2v) is 5.93. The van der Waals surface area contributed by atoms with Gasteiger partial charge in [-0.05, 0) is 16.7 Å². The van der Waals surface area contributed by atoms with Crippen molar-refractivity contribution in [3.8, 4) is 0 Å². The molecule has 0 amide bonds. The van der Waals surface area contributed by atoms with E-state index in [0.29, 0.717) is 0 Å². The Morgan fingerprint density at radius 3 is 1.36 bits per heavy atom. The van der Waals surface area contributed by atoms with Crippen molar-refractivity contribution in [2.24, 2.45) is 0 Å². The zero-order valence-corrected chi connectivity index (χ0v) is 14.0.